The number of methoxy groups -OCH3 is 1. The number of hydrogen-bond acceptors (Lipinski definition) is 6. The summed E-state index contributed by atoms with van der Waals surface area (Å²) in [5.41, 5.74) is -0.231. The lowest BCUT2D eigenvalue weighted by atomic mass is 10.2. The second kappa shape index (κ2) is 5.90. The largest absolute Gasteiger partial charge is 0.708 e. The average Bonchev–Trinajstić information content (AvgIpc) is 2.72. The van der Waals surface area contributed by atoms with E-state index in [-0.39, 0.29) is 5.88 Å². The van der Waals surface area contributed by atoms with Crippen LogP contribution in [0.25, 0.3) is 10.9 Å². The summed E-state index contributed by atoms with van der Waals surface area (Å²) in [5.74, 6) is 0.513. The van der Waals surface area contributed by atoms with Crippen molar-refractivity contribution in [3.8, 4) is 11.6 Å². The molecule has 0 amide bonds. The zero-order chi connectivity index (χ0) is 16.5. The van der Waals surface area contributed by atoms with Crippen LogP contribution in [0.15, 0.2) is 24.3 Å². The van der Waals surface area contributed by atoms with E-state index in [4.69, 9.17) is 24.2 Å². The second-order valence-electron chi connectivity index (χ2n) is 5.67. The molecule has 1 heterocycles. The van der Waals surface area contributed by atoms with E-state index in [0.717, 1.165) is 4.57 Å². The molecule has 0 bridgehead atoms. The van der Waals surface area contributed by atoms with E-state index in [9.17, 15) is 4.79 Å². The molecule has 0 aliphatic carbocycles. The second-order valence-corrected chi connectivity index (χ2v) is 5.67. The van der Waals surface area contributed by atoms with Crippen LogP contribution in [0.4, 0.5) is 4.79 Å². The summed E-state index contributed by atoms with van der Waals surface area (Å²) in [6.45, 7) is 5.20. The fourth-order valence-electron chi connectivity index (χ4n) is 1.97. The maximum absolute atomic E-state index is 12.4. The van der Waals surface area contributed by atoms with Crippen molar-refractivity contribution in [3.63, 3.8) is 0 Å². The van der Waals surface area contributed by atoms with Gasteiger partial charge in [0, 0.05) is 17.5 Å². The van der Waals surface area contributed by atoms with Crippen molar-refractivity contribution in [2.24, 2.45) is 0 Å². The maximum atomic E-state index is 12.4. The quantitative estimate of drug-likeness (QED) is 0.840. The molecule has 0 atom stereocenters. The Hall–Kier alpha value is -2.19. The summed E-state index contributed by atoms with van der Waals surface area (Å²) in [7, 11) is -0.538. The van der Waals surface area contributed by atoms with Crippen LogP contribution in [-0.4, -0.2) is 40.7 Å². The van der Waals surface area contributed by atoms with Gasteiger partial charge in [0.25, 0.3) is 0 Å². The van der Waals surface area contributed by atoms with E-state index >= 15 is 0 Å². The number of nitrogens with zero attached hydrogens (tertiary/aromatic N) is 1. The predicted molar refractivity (Wildman–Crippen MR) is 80.9 cm³/mol. The highest BCUT2D eigenvalue weighted by Gasteiger charge is 2.25. The van der Waals surface area contributed by atoms with Gasteiger partial charge in [0.05, 0.1) is 12.6 Å². The molecule has 2 rings (SSSR count). The Kier molecular flexibility index (Phi) is 4.34. The molecule has 118 valence electrons. The van der Waals surface area contributed by atoms with Gasteiger partial charge < -0.3 is 24.2 Å². The van der Waals surface area contributed by atoms with E-state index in [1.807, 2.05) is 0 Å². The fraction of sp³-hybridized carbons (Fsp3) is 0.357. The van der Waals surface area contributed by atoms with Gasteiger partial charge in [0.2, 0.25) is 0 Å². The van der Waals surface area contributed by atoms with Gasteiger partial charge in [-0.25, -0.2) is 9.36 Å². The highest BCUT2D eigenvalue weighted by molar-refractivity contribution is 6.33. The number of rotatable bonds is 3. The van der Waals surface area contributed by atoms with Gasteiger partial charge in [-0.2, -0.15) is 0 Å². The number of hydrogen-bond donors (Lipinski definition) is 2. The maximum Gasteiger partial charge on any atom is 0.708 e. The van der Waals surface area contributed by atoms with Gasteiger partial charge in [0.15, 0.2) is 5.88 Å². The lowest BCUT2D eigenvalue weighted by Crippen LogP contribution is -2.29. The van der Waals surface area contributed by atoms with Gasteiger partial charge in [-0.3, -0.25) is 0 Å². The molecule has 7 nitrogen and oxygen atoms in total. The summed E-state index contributed by atoms with van der Waals surface area (Å²) in [4.78, 5) is 12.4. The third-order valence-electron chi connectivity index (χ3n) is 2.78. The first-order chi connectivity index (χ1) is 10.2. The highest BCUT2D eigenvalue weighted by atomic mass is 16.6. The molecule has 0 aliphatic heterocycles. The number of carbonyl (C=O) groups is 1. The third kappa shape index (κ3) is 3.52. The van der Waals surface area contributed by atoms with Crippen molar-refractivity contribution in [3.05, 3.63) is 24.3 Å². The topological polar surface area (TPSA) is 90.2 Å². The minimum Gasteiger partial charge on any atom is -0.498 e. The van der Waals surface area contributed by atoms with E-state index in [1.165, 1.54) is 13.2 Å². The van der Waals surface area contributed by atoms with Crippen LogP contribution in [0.5, 0.6) is 11.6 Å². The lowest BCUT2D eigenvalue weighted by Gasteiger charge is -2.21. The molecular weight excluding hydrogens is 289 g/mol. The number of carbonyl (C=O) groups excluding carboxylic acids is 1. The zero-order valence-electron chi connectivity index (χ0n) is 12.9. The van der Waals surface area contributed by atoms with Crippen LogP contribution in [0.1, 0.15) is 20.8 Å². The van der Waals surface area contributed by atoms with E-state index in [1.54, 1.807) is 39.0 Å². The summed E-state index contributed by atoms with van der Waals surface area (Å²) >= 11 is 0. The molecule has 2 aromatic rings. The molecule has 0 saturated carbocycles. The molecule has 0 saturated heterocycles. The van der Waals surface area contributed by atoms with Crippen molar-refractivity contribution in [1.82, 2.24) is 4.57 Å². The number of benzene rings is 1. The molecule has 2 N–H and O–H groups in total. The van der Waals surface area contributed by atoms with Crippen molar-refractivity contribution < 1.29 is 29.0 Å². The zero-order valence-corrected chi connectivity index (χ0v) is 12.9. The van der Waals surface area contributed by atoms with E-state index < -0.39 is 19.0 Å². The molecule has 0 spiro atoms. The number of aromatic nitrogens is 1. The molecule has 0 aliphatic rings. The molecule has 8 heteroatoms. The fourth-order valence-corrected chi connectivity index (χ4v) is 1.97. The SMILES string of the molecule is COc1ccc2cc(OB(O)O)n(C(=O)OC(C)(C)C)c2c1. The molecule has 1 aromatic heterocycles. The monoisotopic (exact) mass is 307 g/mol. The smallest absolute Gasteiger partial charge is 0.498 e. The Morgan fingerprint density at radius 1 is 1.23 bits per heavy atom. The Balaban J connectivity index is 2.57. The van der Waals surface area contributed by atoms with Crippen LogP contribution >= 0.6 is 0 Å². The molecular formula is C14H18BNO6. The first-order valence-electron chi connectivity index (χ1n) is 6.67. The van der Waals surface area contributed by atoms with Gasteiger partial charge in [-0.1, -0.05) is 0 Å². The Morgan fingerprint density at radius 3 is 2.45 bits per heavy atom. The lowest BCUT2D eigenvalue weighted by molar-refractivity contribution is 0.0535. The van der Waals surface area contributed by atoms with E-state index in [2.05, 4.69) is 0 Å². The highest BCUT2D eigenvalue weighted by Crippen LogP contribution is 2.30. The van der Waals surface area contributed by atoms with Crippen LogP contribution in [-0.2, 0) is 4.74 Å². The summed E-state index contributed by atoms with van der Waals surface area (Å²) in [5, 5.41) is 18.7. The third-order valence-corrected chi connectivity index (χ3v) is 2.78. The molecule has 1 aromatic carbocycles. The van der Waals surface area contributed by atoms with Gasteiger partial charge in [-0.15, -0.1) is 0 Å². The van der Waals surface area contributed by atoms with Crippen LogP contribution < -0.4 is 9.39 Å². The van der Waals surface area contributed by atoms with Crippen LogP contribution in [0.3, 0.4) is 0 Å². The first-order valence-corrected chi connectivity index (χ1v) is 6.67. The van der Waals surface area contributed by atoms with E-state index in [0.29, 0.717) is 16.7 Å². The normalized spacial score (nSPS) is 11.4. The summed E-state index contributed by atoms with van der Waals surface area (Å²) in [6, 6.07) is 6.60. The first kappa shape index (κ1) is 16.2. The van der Waals surface area contributed by atoms with Gasteiger partial charge in [0.1, 0.15) is 11.4 Å². The predicted octanol–water partition coefficient (Wildman–Crippen LogP) is 1.78. The van der Waals surface area contributed by atoms with Gasteiger partial charge >= 0.3 is 13.4 Å². The summed E-state index contributed by atoms with van der Waals surface area (Å²) < 4.78 is 16.5. The van der Waals surface area contributed by atoms with Crippen LogP contribution in [0.2, 0.25) is 0 Å². The minimum absolute atomic E-state index is 0.0347. The Bertz CT molecular complexity index is 688. The van der Waals surface area contributed by atoms with Crippen LogP contribution in [0, 0.1) is 0 Å². The Morgan fingerprint density at radius 2 is 1.91 bits per heavy atom. The van der Waals surface area contributed by atoms with Crippen molar-refractivity contribution in [2.45, 2.75) is 26.4 Å². The van der Waals surface area contributed by atoms with Crippen molar-refractivity contribution in [1.29, 1.82) is 0 Å². The molecule has 0 unspecified atom stereocenters. The Labute approximate surface area is 128 Å². The number of ether oxygens (including phenoxy) is 2. The van der Waals surface area contributed by atoms with Crippen molar-refractivity contribution >= 4 is 24.3 Å². The minimum atomic E-state index is -2.05. The number of fused-ring (bicyclic) bond motifs is 1. The molecule has 0 radical (unpaired) electrons. The molecule has 0 fully saturated rings. The van der Waals surface area contributed by atoms with Gasteiger partial charge in [-0.05, 0) is 32.9 Å². The van der Waals surface area contributed by atoms with Crippen molar-refractivity contribution in [2.75, 3.05) is 7.11 Å². The average molecular weight is 307 g/mol. The standard InChI is InChI=1S/C14H18BNO6/c1-14(2,3)21-13(17)16-11-8-10(20-4)6-5-9(11)7-12(16)22-15(18)19/h5-8,18-19H,1-4H3. The summed E-state index contributed by atoms with van der Waals surface area (Å²) in [6.07, 6.45) is -0.689. The molecule has 22 heavy (non-hydrogen) atoms.